The number of rotatable bonds is 3. The molecule has 0 saturated carbocycles. The van der Waals surface area contributed by atoms with Gasteiger partial charge in [-0.2, -0.15) is 0 Å². The molecule has 1 amide bonds. The number of phenolic OH excluding ortho intramolecular Hbond substituents is 1. The number of carbonyl (C=O) groups excluding carboxylic acids is 1. The van der Waals surface area contributed by atoms with Gasteiger partial charge in [-0.15, -0.1) is 0 Å². The smallest absolute Gasteiger partial charge is 0.259 e. The molecule has 0 aromatic heterocycles. The predicted octanol–water partition coefficient (Wildman–Crippen LogP) is 3.52. The van der Waals surface area contributed by atoms with E-state index in [-0.39, 0.29) is 11.7 Å². The molecule has 2 aromatic rings. The summed E-state index contributed by atoms with van der Waals surface area (Å²) in [6.45, 7) is 3.81. The second kappa shape index (κ2) is 5.57. The molecule has 0 atom stereocenters. The Balaban J connectivity index is 2.28. The molecule has 0 fully saturated rings. The van der Waals surface area contributed by atoms with Gasteiger partial charge in [0, 0.05) is 5.69 Å². The van der Waals surface area contributed by atoms with Crippen molar-refractivity contribution in [1.82, 2.24) is 0 Å². The normalized spacial score (nSPS) is 10.2. The van der Waals surface area contributed by atoms with Gasteiger partial charge in [0.1, 0.15) is 5.75 Å². The number of phenols is 1. The molecule has 0 spiro atoms. The minimum absolute atomic E-state index is 0.0361. The molecule has 2 aromatic carbocycles. The molecule has 0 aliphatic carbocycles. The number of aromatic hydroxyl groups is 1. The first kappa shape index (κ1) is 13.1. The second-order valence-electron chi connectivity index (χ2n) is 4.44. The molecule has 2 rings (SSSR count). The first-order valence-electron chi connectivity index (χ1n) is 6.31. The molecule has 0 unspecified atom stereocenters. The van der Waals surface area contributed by atoms with Gasteiger partial charge in [-0.25, -0.2) is 0 Å². The monoisotopic (exact) mass is 255 g/mol. The van der Waals surface area contributed by atoms with Crippen LogP contribution in [0.4, 0.5) is 5.69 Å². The number of carbonyl (C=O) groups is 1. The first-order valence-corrected chi connectivity index (χ1v) is 6.31. The van der Waals surface area contributed by atoms with E-state index in [0.717, 1.165) is 17.7 Å². The molecule has 3 nitrogen and oxygen atoms in total. The average molecular weight is 255 g/mol. The Morgan fingerprint density at radius 3 is 2.63 bits per heavy atom. The first-order chi connectivity index (χ1) is 9.13. The van der Waals surface area contributed by atoms with Crippen LogP contribution in [0.15, 0.2) is 42.5 Å². The number of amides is 1. The third-order valence-corrected chi connectivity index (χ3v) is 3.13. The van der Waals surface area contributed by atoms with Crippen molar-refractivity contribution in [3.63, 3.8) is 0 Å². The Bertz CT molecular complexity index is 605. The van der Waals surface area contributed by atoms with E-state index >= 15 is 0 Å². The van der Waals surface area contributed by atoms with Crippen molar-refractivity contribution in [3.8, 4) is 5.75 Å². The maximum absolute atomic E-state index is 12.2. The molecule has 0 aliphatic heterocycles. The van der Waals surface area contributed by atoms with Gasteiger partial charge in [0.15, 0.2) is 0 Å². The minimum Gasteiger partial charge on any atom is -0.507 e. The van der Waals surface area contributed by atoms with Gasteiger partial charge in [-0.1, -0.05) is 37.3 Å². The van der Waals surface area contributed by atoms with E-state index in [1.54, 1.807) is 25.1 Å². The van der Waals surface area contributed by atoms with Crippen molar-refractivity contribution in [2.75, 3.05) is 5.32 Å². The van der Waals surface area contributed by atoms with E-state index in [1.807, 2.05) is 31.2 Å². The highest BCUT2D eigenvalue weighted by Crippen LogP contribution is 2.23. The summed E-state index contributed by atoms with van der Waals surface area (Å²) < 4.78 is 0. The zero-order chi connectivity index (χ0) is 13.8. The average Bonchev–Trinajstić information content (AvgIpc) is 2.42. The summed E-state index contributed by atoms with van der Waals surface area (Å²) in [6, 6.07) is 12.8. The SMILES string of the molecule is CCc1ccccc1NC(=O)c1cccc(C)c1O. The predicted molar refractivity (Wildman–Crippen MR) is 76.6 cm³/mol. The van der Waals surface area contributed by atoms with E-state index in [4.69, 9.17) is 0 Å². The molecule has 19 heavy (non-hydrogen) atoms. The highest BCUT2D eigenvalue weighted by atomic mass is 16.3. The number of para-hydroxylation sites is 2. The van der Waals surface area contributed by atoms with Gasteiger partial charge in [0.2, 0.25) is 0 Å². The van der Waals surface area contributed by atoms with Crippen LogP contribution < -0.4 is 5.32 Å². The fourth-order valence-electron chi connectivity index (χ4n) is 1.98. The molecule has 98 valence electrons. The van der Waals surface area contributed by atoms with Crippen LogP contribution in [-0.4, -0.2) is 11.0 Å². The van der Waals surface area contributed by atoms with E-state index in [1.165, 1.54) is 0 Å². The zero-order valence-corrected chi connectivity index (χ0v) is 11.1. The van der Waals surface area contributed by atoms with E-state index in [0.29, 0.717) is 11.1 Å². The van der Waals surface area contributed by atoms with Crippen molar-refractivity contribution >= 4 is 11.6 Å². The van der Waals surface area contributed by atoms with Gasteiger partial charge >= 0.3 is 0 Å². The van der Waals surface area contributed by atoms with Crippen LogP contribution >= 0.6 is 0 Å². The largest absolute Gasteiger partial charge is 0.507 e. The highest BCUT2D eigenvalue weighted by molar-refractivity contribution is 6.06. The lowest BCUT2D eigenvalue weighted by Crippen LogP contribution is -2.13. The maximum atomic E-state index is 12.2. The quantitative estimate of drug-likeness (QED) is 0.881. The van der Waals surface area contributed by atoms with Crippen LogP contribution in [0.5, 0.6) is 5.75 Å². The fourth-order valence-corrected chi connectivity index (χ4v) is 1.98. The van der Waals surface area contributed by atoms with E-state index in [2.05, 4.69) is 5.32 Å². The minimum atomic E-state index is -0.290. The molecule has 0 bridgehead atoms. The highest BCUT2D eigenvalue weighted by Gasteiger charge is 2.13. The molecule has 0 heterocycles. The van der Waals surface area contributed by atoms with Gasteiger partial charge < -0.3 is 10.4 Å². The Hall–Kier alpha value is -2.29. The number of hydrogen-bond acceptors (Lipinski definition) is 2. The third-order valence-electron chi connectivity index (χ3n) is 3.13. The number of anilines is 1. The maximum Gasteiger partial charge on any atom is 0.259 e. The summed E-state index contributed by atoms with van der Waals surface area (Å²) in [5, 5.41) is 12.8. The number of aryl methyl sites for hydroxylation is 2. The topological polar surface area (TPSA) is 49.3 Å². The van der Waals surface area contributed by atoms with Crippen molar-refractivity contribution in [2.24, 2.45) is 0 Å². The van der Waals surface area contributed by atoms with Gasteiger partial charge in [0.25, 0.3) is 5.91 Å². The lowest BCUT2D eigenvalue weighted by Gasteiger charge is -2.11. The molecule has 0 saturated heterocycles. The summed E-state index contributed by atoms with van der Waals surface area (Å²) >= 11 is 0. The van der Waals surface area contributed by atoms with E-state index in [9.17, 15) is 9.90 Å². The van der Waals surface area contributed by atoms with Crippen LogP contribution in [0.1, 0.15) is 28.4 Å². The Kier molecular flexibility index (Phi) is 3.85. The van der Waals surface area contributed by atoms with Crippen LogP contribution in [0, 0.1) is 6.92 Å². The molecular formula is C16H17NO2. The van der Waals surface area contributed by atoms with Crippen LogP contribution in [-0.2, 0) is 6.42 Å². The second-order valence-corrected chi connectivity index (χ2v) is 4.44. The molecule has 2 N–H and O–H groups in total. The standard InChI is InChI=1S/C16H17NO2/c1-3-12-8-4-5-10-14(12)17-16(19)13-9-6-7-11(2)15(13)18/h4-10,18H,3H2,1-2H3,(H,17,19). The summed E-state index contributed by atoms with van der Waals surface area (Å²) in [7, 11) is 0. The number of nitrogens with one attached hydrogen (secondary N) is 1. The lowest BCUT2D eigenvalue weighted by molar-refractivity contribution is 0.102. The third kappa shape index (κ3) is 2.76. The van der Waals surface area contributed by atoms with Crippen LogP contribution in [0.3, 0.4) is 0 Å². The Morgan fingerprint density at radius 1 is 1.16 bits per heavy atom. The molecular weight excluding hydrogens is 238 g/mol. The summed E-state index contributed by atoms with van der Waals surface area (Å²) in [5.74, 6) is -0.254. The molecule has 0 radical (unpaired) electrons. The van der Waals surface area contributed by atoms with E-state index < -0.39 is 0 Å². The van der Waals surface area contributed by atoms with Crippen molar-refractivity contribution in [1.29, 1.82) is 0 Å². The molecule has 0 aliphatic rings. The summed E-state index contributed by atoms with van der Waals surface area (Å²) in [5.41, 5.74) is 2.85. The van der Waals surface area contributed by atoms with Gasteiger partial charge in [0.05, 0.1) is 5.56 Å². The fraction of sp³-hybridized carbons (Fsp3) is 0.188. The number of benzene rings is 2. The van der Waals surface area contributed by atoms with Crippen molar-refractivity contribution in [2.45, 2.75) is 20.3 Å². The van der Waals surface area contributed by atoms with Gasteiger partial charge in [-0.05, 0) is 36.6 Å². The zero-order valence-electron chi connectivity index (χ0n) is 11.1. The van der Waals surface area contributed by atoms with Crippen LogP contribution in [0.25, 0.3) is 0 Å². The number of hydrogen-bond donors (Lipinski definition) is 2. The summed E-state index contributed by atoms with van der Waals surface area (Å²) in [4.78, 5) is 12.2. The lowest BCUT2D eigenvalue weighted by atomic mass is 10.1. The van der Waals surface area contributed by atoms with Gasteiger partial charge in [-0.3, -0.25) is 4.79 Å². The Labute approximate surface area is 112 Å². The summed E-state index contributed by atoms with van der Waals surface area (Å²) in [6.07, 6.45) is 0.844. The van der Waals surface area contributed by atoms with Crippen LogP contribution in [0.2, 0.25) is 0 Å². The van der Waals surface area contributed by atoms with Crippen molar-refractivity contribution in [3.05, 3.63) is 59.2 Å². The van der Waals surface area contributed by atoms with Crippen molar-refractivity contribution < 1.29 is 9.90 Å². The molecule has 3 heteroatoms. The Morgan fingerprint density at radius 2 is 1.89 bits per heavy atom.